The highest BCUT2D eigenvalue weighted by atomic mass is 19.1. The zero-order chi connectivity index (χ0) is 14.6. The number of halogens is 1. The van der Waals surface area contributed by atoms with Gasteiger partial charge in [-0.25, -0.2) is 4.39 Å². The van der Waals surface area contributed by atoms with Crippen molar-refractivity contribution in [1.82, 2.24) is 0 Å². The van der Waals surface area contributed by atoms with Crippen LogP contribution in [0.1, 0.15) is 18.1 Å². The lowest BCUT2D eigenvalue weighted by atomic mass is 9.93. The fourth-order valence-electron chi connectivity index (χ4n) is 2.22. The molecule has 0 radical (unpaired) electrons. The summed E-state index contributed by atoms with van der Waals surface area (Å²) >= 11 is 0. The molecule has 0 spiro atoms. The molecule has 0 aromatic heterocycles. The Labute approximate surface area is 119 Å². The molecule has 3 heteroatoms. The van der Waals surface area contributed by atoms with E-state index >= 15 is 0 Å². The molecule has 0 amide bonds. The maximum absolute atomic E-state index is 13.2. The van der Waals surface area contributed by atoms with Crippen LogP contribution in [0.25, 0.3) is 0 Å². The zero-order valence-corrected chi connectivity index (χ0v) is 11.9. The van der Waals surface area contributed by atoms with E-state index in [2.05, 4.69) is 5.32 Å². The van der Waals surface area contributed by atoms with E-state index in [0.29, 0.717) is 6.42 Å². The lowest BCUT2D eigenvalue weighted by molar-refractivity contribution is 0.222. The van der Waals surface area contributed by atoms with Crippen LogP contribution in [0.2, 0.25) is 0 Å². The quantitative estimate of drug-likeness (QED) is 0.873. The molecule has 20 heavy (non-hydrogen) atoms. The average Bonchev–Trinajstić information content (AvgIpc) is 2.41. The van der Waals surface area contributed by atoms with Gasteiger partial charge in [0, 0.05) is 5.69 Å². The normalized spacial score (nSPS) is 13.8. The molecule has 0 saturated carbocycles. The molecule has 0 fully saturated rings. The number of benzene rings is 2. The Morgan fingerprint density at radius 2 is 1.85 bits per heavy atom. The second-order valence-electron chi connectivity index (χ2n) is 5.52. The van der Waals surface area contributed by atoms with E-state index in [9.17, 15) is 9.50 Å². The summed E-state index contributed by atoms with van der Waals surface area (Å²) in [5, 5.41) is 13.0. The maximum Gasteiger partial charge on any atom is 0.123 e. The Bertz CT molecular complexity index is 567. The molecule has 0 aliphatic carbocycles. The van der Waals surface area contributed by atoms with Crippen molar-refractivity contribution < 1.29 is 9.50 Å². The first-order valence-electron chi connectivity index (χ1n) is 6.71. The van der Waals surface area contributed by atoms with E-state index < -0.39 is 5.54 Å². The third-order valence-electron chi connectivity index (χ3n) is 3.33. The number of aliphatic hydroxyl groups excluding tert-OH is 1. The van der Waals surface area contributed by atoms with Gasteiger partial charge < -0.3 is 10.4 Å². The average molecular weight is 273 g/mol. The van der Waals surface area contributed by atoms with E-state index in [0.717, 1.165) is 11.3 Å². The van der Waals surface area contributed by atoms with Crippen molar-refractivity contribution in [2.75, 3.05) is 11.9 Å². The number of hydrogen-bond acceptors (Lipinski definition) is 2. The molecule has 106 valence electrons. The van der Waals surface area contributed by atoms with Crippen molar-refractivity contribution in [2.24, 2.45) is 0 Å². The first-order chi connectivity index (χ1) is 9.50. The van der Waals surface area contributed by atoms with E-state index in [1.54, 1.807) is 6.07 Å². The van der Waals surface area contributed by atoms with Gasteiger partial charge in [-0.3, -0.25) is 0 Å². The van der Waals surface area contributed by atoms with Gasteiger partial charge >= 0.3 is 0 Å². The Morgan fingerprint density at radius 1 is 1.15 bits per heavy atom. The van der Waals surface area contributed by atoms with Gasteiger partial charge in [0.1, 0.15) is 5.82 Å². The monoisotopic (exact) mass is 273 g/mol. The highest BCUT2D eigenvalue weighted by Gasteiger charge is 2.23. The fourth-order valence-corrected chi connectivity index (χ4v) is 2.22. The Kier molecular flexibility index (Phi) is 4.40. The standard InChI is InChI=1S/C17H20FNO/c1-13-6-8-16(9-7-13)19-17(2,12-20)11-14-4-3-5-15(18)10-14/h3-10,19-20H,11-12H2,1-2H3. The topological polar surface area (TPSA) is 32.3 Å². The Balaban J connectivity index is 2.14. The number of nitrogens with one attached hydrogen (secondary N) is 1. The summed E-state index contributed by atoms with van der Waals surface area (Å²) in [7, 11) is 0. The van der Waals surface area contributed by atoms with Gasteiger partial charge in [0.25, 0.3) is 0 Å². The van der Waals surface area contributed by atoms with Crippen molar-refractivity contribution in [2.45, 2.75) is 25.8 Å². The summed E-state index contributed by atoms with van der Waals surface area (Å²) in [6.45, 7) is 3.93. The Hall–Kier alpha value is -1.87. The number of rotatable bonds is 5. The second kappa shape index (κ2) is 6.06. The van der Waals surface area contributed by atoms with E-state index in [1.807, 2.05) is 44.2 Å². The van der Waals surface area contributed by atoms with Crippen LogP contribution in [0.3, 0.4) is 0 Å². The minimum absolute atomic E-state index is 0.0304. The minimum Gasteiger partial charge on any atom is -0.394 e. The maximum atomic E-state index is 13.2. The van der Waals surface area contributed by atoms with Crippen molar-refractivity contribution in [1.29, 1.82) is 0 Å². The lowest BCUT2D eigenvalue weighted by Gasteiger charge is -2.30. The summed E-state index contributed by atoms with van der Waals surface area (Å²) in [6.07, 6.45) is 0.551. The van der Waals surface area contributed by atoms with Gasteiger partial charge in [-0.2, -0.15) is 0 Å². The molecular weight excluding hydrogens is 253 g/mol. The van der Waals surface area contributed by atoms with Crippen LogP contribution in [0.5, 0.6) is 0 Å². The number of aliphatic hydroxyl groups is 1. The van der Waals surface area contributed by atoms with Crippen LogP contribution in [0.4, 0.5) is 10.1 Å². The van der Waals surface area contributed by atoms with Crippen LogP contribution in [0.15, 0.2) is 48.5 Å². The lowest BCUT2D eigenvalue weighted by Crippen LogP contribution is -2.41. The first kappa shape index (κ1) is 14.5. The third-order valence-corrected chi connectivity index (χ3v) is 3.33. The van der Waals surface area contributed by atoms with Gasteiger partial charge in [0.15, 0.2) is 0 Å². The largest absolute Gasteiger partial charge is 0.394 e. The molecule has 1 unspecified atom stereocenters. The molecule has 2 nitrogen and oxygen atoms in total. The highest BCUT2D eigenvalue weighted by Crippen LogP contribution is 2.20. The summed E-state index contributed by atoms with van der Waals surface area (Å²) in [6, 6.07) is 14.5. The van der Waals surface area contributed by atoms with E-state index in [-0.39, 0.29) is 12.4 Å². The van der Waals surface area contributed by atoms with Crippen molar-refractivity contribution >= 4 is 5.69 Å². The Morgan fingerprint density at radius 3 is 2.45 bits per heavy atom. The first-order valence-corrected chi connectivity index (χ1v) is 6.71. The molecule has 2 aromatic carbocycles. The molecule has 0 heterocycles. The van der Waals surface area contributed by atoms with Crippen molar-refractivity contribution in [3.05, 3.63) is 65.5 Å². The van der Waals surface area contributed by atoms with Crippen molar-refractivity contribution in [3.63, 3.8) is 0 Å². The van der Waals surface area contributed by atoms with Crippen LogP contribution >= 0.6 is 0 Å². The molecule has 2 aromatic rings. The molecule has 2 rings (SSSR count). The summed E-state index contributed by atoms with van der Waals surface area (Å²) in [4.78, 5) is 0. The number of anilines is 1. The van der Waals surface area contributed by atoms with E-state index in [4.69, 9.17) is 0 Å². The SMILES string of the molecule is Cc1ccc(NC(C)(CO)Cc2cccc(F)c2)cc1. The zero-order valence-electron chi connectivity index (χ0n) is 11.9. The molecule has 0 aliphatic heterocycles. The second-order valence-corrected chi connectivity index (χ2v) is 5.52. The predicted octanol–water partition coefficient (Wildman–Crippen LogP) is 3.54. The third kappa shape index (κ3) is 3.81. The van der Waals surface area contributed by atoms with Crippen LogP contribution in [-0.2, 0) is 6.42 Å². The van der Waals surface area contributed by atoms with Gasteiger partial charge in [-0.05, 0) is 50.1 Å². The molecule has 0 bridgehead atoms. The van der Waals surface area contributed by atoms with Gasteiger partial charge in [-0.1, -0.05) is 29.8 Å². The fraction of sp³-hybridized carbons (Fsp3) is 0.294. The predicted molar refractivity (Wildman–Crippen MR) is 80.4 cm³/mol. The molecule has 2 N–H and O–H groups in total. The highest BCUT2D eigenvalue weighted by molar-refractivity contribution is 5.47. The number of aryl methyl sites for hydroxylation is 1. The molecule has 0 saturated heterocycles. The molecular formula is C17H20FNO. The van der Waals surface area contributed by atoms with Crippen LogP contribution in [0, 0.1) is 12.7 Å². The van der Waals surface area contributed by atoms with Gasteiger partial charge in [-0.15, -0.1) is 0 Å². The summed E-state index contributed by atoms with van der Waals surface area (Å²) in [5.41, 5.74) is 2.47. The summed E-state index contributed by atoms with van der Waals surface area (Å²) in [5.74, 6) is -0.252. The molecule has 0 aliphatic rings. The minimum atomic E-state index is -0.525. The van der Waals surface area contributed by atoms with Crippen molar-refractivity contribution in [3.8, 4) is 0 Å². The van der Waals surface area contributed by atoms with Gasteiger partial charge in [0.2, 0.25) is 0 Å². The molecule has 1 atom stereocenters. The number of hydrogen-bond donors (Lipinski definition) is 2. The van der Waals surface area contributed by atoms with E-state index in [1.165, 1.54) is 17.7 Å². The van der Waals surface area contributed by atoms with Crippen LogP contribution < -0.4 is 5.32 Å². The van der Waals surface area contributed by atoms with Crippen LogP contribution in [-0.4, -0.2) is 17.3 Å². The summed E-state index contributed by atoms with van der Waals surface area (Å²) < 4.78 is 13.2. The smallest absolute Gasteiger partial charge is 0.123 e. The van der Waals surface area contributed by atoms with Gasteiger partial charge in [0.05, 0.1) is 12.1 Å².